The maximum Gasteiger partial charge on any atom is 0.411 e. The van der Waals surface area contributed by atoms with Crippen molar-refractivity contribution in [2.75, 3.05) is 26.9 Å². The Kier molecular flexibility index (Phi) is 4.79. The summed E-state index contributed by atoms with van der Waals surface area (Å²) in [7, 11) is 1.54. The van der Waals surface area contributed by atoms with Crippen LogP contribution in [0.1, 0.15) is 38.5 Å². The van der Waals surface area contributed by atoms with Crippen molar-refractivity contribution in [3.05, 3.63) is 11.7 Å². The number of carbonyl (C=O) groups is 1. The largest absolute Gasteiger partial charge is 0.444 e. The molecule has 1 atom stereocenters. The molecule has 1 aromatic rings. The first-order valence-corrected chi connectivity index (χ1v) is 6.79. The van der Waals surface area contributed by atoms with Crippen LogP contribution in [0.25, 0.3) is 0 Å². The van der Waals surface area contributed by atoms with Crippen molar-refractivity contribution in [3.63, 3.8) is 0 Å². The first-order valence-electron chi connectivity index (χ1n) is 6.79. The number of amides is 1. The number of aromatic nitrogens is 2. The number of ether oxygens (including phenoxy) is 3. The number of methoxy groups -OCH3 is 1. The molecule has 8 nitrogen and oxygen atoms in total. The van der Waals surface area contributed by atoms with Gasteiger partial charge in [0.1, 0.15) is 18.2 Å². The summed E-state index contributed by atoms with van der Waals surface area (Å²) in [6, 6.07) is -0.414. The Bertz CT molecular complexity index is 482. The number of hydrogen-bond acceptors (Lipinski definition) is 7. The summed E-state index contributed by atoms with van der Waals surface area (Å²) in [5.41, 5.74) is -0.557. The molecule has 1 amide bonds. The second-order valence-electron chi connectivity index (χ2n) is 5.74. The molecule has 2 heterocycles. The van der Waals surface area contributed by atoms with Crippen molar-refractivity contribution >= 4 is 6.09 Å². The van der Waals surface area contributed by atoms with Crippen molar-refractivity contribution in [2.45, 2.75) is 39.0 Å². The van der Waals surface area contributed by atoms with Gasteiger partial charge in [-0.2, -0.15) is 4.98 Å². The van der Waals surface area contributed by atoms with Crippen LogP contribution in [0.3, 0.4) is 0 Å². The van der Waals surface area contributed by atoms with Crippen LogP contribution in [0, 0.1) is 0 Å². The Morgan fingerprint density at radius 1 is 1.48 bits per heavy atom. The van der Waals surface area contributed by atoms with Crippen LogP contribution in [0.15, 0.2) is 4.52 Å². The molecule has 0 aliphatic carbocycles. The summed E-state index contributed by atoms with van der Waals surface area (Å²) in [6.45, 7) is 6.90. The van der Waals surface area contributed by atoms with E-state index >= 15 is 0 Å². The van der Waals surface area contributed by atoms with Gasteiger partial charge in [0, 0.05) is 13.7 Å². The first kappa shape index (κ1) is 15.7. The van der Waals surface area contributed by atoms with E-state index in [9.17, 15) is 4.79 Å². The fraction of sp³-hybridized carbons (Fsp3) is 0.769. The van der Waals surface area contributed by atoms with E-state index in [2.05, 4.69) is 10.1 Å². The summed E-state index contributed by atoms with van der Waals surface area (Å²) in [5, 5.41) is 3.89. The zero-order chi connectivity index (χ0) is 15.5. The van der Waals surface area contributed by atoms with E-state index in [-0.39, 0.29) is 6.61 Å². The molecule has 21 heavy (non-hydrogen) atoms. The van der Waals surface area contributed by atoms with Gasteiger partial charge in [0.25, 0.3) is 5.89 Å². The molecule has 1 saturated heterocycles. The van der Waals surface area contributed by atoms with Crippen LogP contribution in [0.5, 0.6) is 0 Å². The minimum atomic E-state index is -0.557. The van der Waals surface area contributed by atoms with Crippen molar-refractivity contribution in [1.82, 2.24) is 15.0 Å². The highest BCUT2D eigenvalue weighted by Gasteiger charge is 2.34. The summed E-state index contributed by atoms with van der Waals surface area (Å²) >= 11 is 0. The molecular formula is C13H21N3O5. The van der Waals surface area contributed by atoms with Gasteiger partial charge in [0.2, 0.25) is 0 Å². The third-order valence-electron chi connectivity index (χ3n) is 2.81. The SMILES string of the molecule is COCc1nc([C@H]2COCCN2C(=O)OC(C)(C)C)no1. The van der Waals surface area contributed by atoms with E-state index in [1.807, 2.05) is 20.8 Å². The van der Waals surface area contributed by atoms with Crippen LogP contribution in [0.4, 0.5) is 4.79 Å². The standard InChI is InChI=1S/C13H21N3O5/c1-13(2,3)20-12(17)16-5-6-19-7-9(16)11-14-10(8-18-4)21-15-11/h9H,5-8H2,1-4H3/t9-/m1/s1. The van der Waals surface area contributed by atoms with Gasteiger partial charge in [-0.1, -0.05) is 5.16 Å². The molecule has 0 unspecified atom stereocenters. The molecule has 1 aliphatic rings. The van der Waals surface area contributed by atoms with E-state index in [1.165, 1.54) is 0 Å². The lowest BCUT2D eigenvalue weighted by Gasteiger charge is -2.34. The Hall–Kier alpha value is -1.67. The van der Waals surface area contributed by atoms with E-state index in [0.29, 0.717) is 31.5 Å². The zero-order valence-electron chi connectivity index (χ0n) is 12.8. The van der Waals surface area contributed by atoms with Gasteiger partial charge in [0.05, 0.1) is 13.2 Å². The Balaban J connectivity index is 2.12. The predicted molar refractivity (Wildman–Crippen MR) is 71.5 cm³/mol. The molecule has 0 spiro atoms. The Morgan fingerprint density at radius 3 is 2.90 bits per heavy atom. The van der Waals surface area contributed by atoms with E-state index in [1.54, 1.807) is 12.0 Å². The summed E-state index contributed by atoms with van der Waals surface area (Å²) in [4.78, 5) is 18.1. The topological polar surface area (TPSA) is 86.9 Å². The van der Waals surface area contributed by atoms with Crippen molar-refractivity contribution in [3.8, 4) is 0 Å². The van der Waals surface area contributed by atoms with E-state index in [0.717, 1.165) is 0 Å². The molecule has 0 radical (unpaired) electrons. The van der Waals surface area contributed by atoms with E-state index < -0.39 is 17.7 Å². The maximum atomic E-state index is 12.3. The fourth-order valence-corrected chi connectivity index (χ4v) is 1.94. The molecule has 118 valence electrons. The molecule has 0 aromatic carbocycles. The van der Waals surface area contributed by atoms with Gasteiger partial charge >= 0.3 is 6.09 Å². The summed E-state index contributed by atoms with van der Waals surface area (Å²) in [6.07, 6.45) is -0.408. The Labute approximate surface area is 123 Å². The van der Waals surface area contributed by atoms with Crippen LogP contribution >= 0.6 is 0 Å². The van der Waals surface area contributed by atoms with E-state index in [4.69, 9.17) is 18.7 Å². The molecular weight excluding hydrogens is 278 g/mol. The smallest absolute Gasteiger partial charge is 0.411 e. The van der Waals surface area contributed by atoms with Gasteiger partial charge in [-0.05, 0) is 20.8 Å². The molecule has 0 saturated carbocycles. The molecule has 1 fully saturated rings. The number of carbonyl (C=O) groups excluding carboxylic acids is 1. The average molecular weight is 299 g/mol. The van der Waals surface area contributed by atoms with Crippen molar-refractivity contribution < 1.29 is 23.5 Å². The minimum Gasteiger partial charge on any atom is -0.444 e. The molecule has 2 rings (SSSR count). The van der Waals surface area contributed by atoms with Crippen LogP contribution in [-0.2, 0) is 20.8 Å². The quantitative estimate of drug-likeness (QED) is 0.836. The highest BCUT2D eigenvalue weighted by atomic mass is 16.6. The molecule has 0 bridgehead atoms. The summed E-state index contributed by atoms with van der Waals surface area (Å²) in [5.74, 6) is 0.759. The number of nitrogens with zero attached hydrogens (tertiary/aromatic N) is 3. The lowest BCUT2D eigenvalue weighted by molar-refractivity contribution is -0.0354. The van der Waals surface area contributed by atoms with Crippen molar-refractivity contribution in [1.29, 1.82) is 0 Å². The molecule has 8 heteroatoms. The highest BCUT2D eigenvalue weighted by Crippen LogP contribution is 2.24. The van der Waals surface area contributed by atoms with Crippen LogP contribution in [-0.4, -0.2) is 53.6 Å². The lowest BCUT2D eigenvalue weighted by atomic mass is 10.2. The lowest BCUT2D eigenvalue weighted by Crippen LogP contribution is -2.46. The first-order chi connectivity index (χ1) is 9.90. The third kappa shape index (κ3) is 4.15. The minimum absolute atomic E-state index is 0.229. The average Bonchev–Trinajstić information content (AvgIpc) is 2.86. The summed E-state index contributed by atoms with van der Waals surface area (Å²) < 4.78 is 20.8. The van der Waals surface area contributed by atoms with Gasteiger partial charge in [-0.15, -0.1) is 0 Å². The van der Waals surface area contributed by atoms with Gasteiger partial charge in [0.15, 0.2) is 5.82 Å². The number of hydrogen-bond donors (Lipinski definition) is 0. The normalized spacial score (nSPS) is 19.6. The van der Waals surface area contributed by atoms with Gasteiger partial charge in [-0.25, -0.2) is 4.79 Å². The number of morpholine rings is 1. The van der Waals surface area contributed by atoms with Crippen LogP contribution < -0.4 is 0 Å². The monoisotopic (exact) mass is 299 g/mol. The van der Waals surface area contributed by atoms with Gasteiger partial charge in [-0.3, -0.25) is 4.90 Å². The molecule has 1 aliphatic heterocycles. The highest BCUT2D eigenvalue weighted by molar-refractivity contribution is 5.68. The Morgan fingerprint density at radius 2 is 2.24 bits per heavy atom. The number of rotatable bonds is 3. The van der Waals surface area contributed by atoms with Crippen LogP contribution in [0.2, 0.25) is 0 Å². The molecule has 0 N–H and O–H groups in total. The molecule has 1 aromatic heterocycles. The predicted octanol–water partition coefficient (Wildman–Crippen LogP) is 1.52. The second kappa shape index (κ2) is 6.40. The maximum absolute atomic E-state index is 12.3. The fourth-order valence-electron chi connectivity index (χ4n) is 1.94. The third-order valence-corrected chi connectivity index (χ3v) is 2.81. The van der Waals surface area contributed by atoms with Gasteiger partial charge < -0.3 is 18.7 Å². The second-order valence-corrected chi connectivity index (χ2v) is 5.74. The zero-order valence-corrected chi connectivity index (χ0v) is 12.8. The van der Waals surface area contributed by atoms with Crippen molar-refractivity contribution in [2.24, 2.45) is 0 Å².